The van der Waals surface area contributed by atoms with Crippen LogP contribution in [0.4, 0.5) is 0 Å². The van der Waals surface area contributed by atoms with Gasteiger partial charge in [0.1, 0.15) is 12.4 Å². The number of hydrogen-bond acceptors (Lipinski definition) is 5. The van der Waals surface area contributed by atoms with Gasteiger partial charge in [0.05, 0.1) is 31.9 Å². The van der Waals surface area contributed by atoms with Crippen LogP contribution in [0.5, 0.6) is 23.0 Å². The van der Waals surface area contributed by atoms with Gasteiger partial charge in [0, 0.05) is 6.54 Å². The Labute approximate surface area is 225 Å². The summed E-state index contributed by atoms with van der Waals surface area (Å²) in [4.78, 5) is 4.85. The minimum absolute atomic E-state index is 0.344. The molecule has 0 amide bonds. The standard InChI is InChI=1S/C32H36N2O4/c1-5-11-24-15-17-28(30(21-24)35-3)37-20-10-9-19-34-27-14-8-7-13-26(27)33-32(34)23-38-29-18-16-25(12-6-2)22-31(29)36-4/h5-8,13-18,21-22H,1-2,9-12,19-20,23H2,3-4H3. The zero-order valence-corrected chi connectivity index (χ0v) is 22.3. The molecular formula is C32H36N2O4. The molecule has 0 radical (unpaired) electrons. The van der Waals surface area contributed by atoms with E-state index < -0.39 is 0 Å². The van der Waals surface area contributed by atoms with Crippen molar-refractivity contribution in [2.24, 2.45) is 0 Å². The molecule has 4 aromatic rings. The van der Waals surface area contributed by atoms with Crippen LogP contribution < -0.4 is 18.9 Å². The van der Waals surface area contributed by atoms with E-state index in [4.69, 9.17) is 23.9 Å². The average Bonchev–Trinajstić information content (AvgIpc) is 3.30. The second kappa shape index (κ2) is 13.4. The van der Waals surface area contributed by atoms with Crippen molar-refractivity contribution in [3.05, 3.63) is 103 Å². The van der Waals surface area contributed by atoms with Gasteiger partial charge in [0.2, 0.25) is 0 Å². The lowest BCUT2D eigenvalue weighted by Gasteiger charge is -2.14. The molecule has 0 saturated heterocycles. The van der Waals surface area contributed by atoms with Crippen molar-refractivity contribution < 1.29 is 18.9 Å². The minimum Gasteiger partial charge on any atom is -0.493 e. The summed E-state index contributed by atoms with van der Waals surface area (Å²) in [5.74, 6) is 3.79. The Kier molecular flexibility index (Phi) is 9.46. The first-order valence-corrected chi connectivity index (χ1v) is 12.9. The summed E-state index contributed by atoms with van der Waals surface area (Å²) >= 11 is 0. The molecule has 0 unspecified atom stereocenters. The van der Waals surface area contributed by atoms with Crippen molar-refractivity contribution in [2.75, 3.05) is 20.8 Å². The van der Waals surface area contributed by atoms with E-state index in [1.165, 1.54) is 0 Å². The fourth-order valence-corrected chi connectivity index (χ4v) is 4.43. The summed E-state index contributed by atoms with van der Waals surface area (Å²) in [6, 6.07) is 20.2. The molecule has 0 atom stereocenters. The largest absolute Gasteiger partial charge is 0.493 e. The molecule has 6 heteroatoms. The summed E-state index contributed by atoms with van der Waals surface area (Å²) in [6.45, 7) is 9.37. The number of allylic oxidation sites excluding steroid dienone is 2. The predicted molar refractivity (Wildman–Crippen MR) is 153 cm³/mol. The predicted octanol–water partition coefficient (Wildman–Crippen LogP) is 6.95. The number of aromatic nitrogens is 2. The van der Waals surface area contributed by atoms with Gasteiger partial charge in [0.15, 0.2) is 23.0 Å². The molecule has 0 aliphatic carbocycles. The molecule has 3 aromatic carbocycles. The van der Waals surface area contributed by atoms with Crippen LogP contribution in [-0.2, 0) is 26.0 Å². The third-order valence-electron chi connectivity index (χ3n) is 6.34. The van der Waals surface area contributed by atoms with Crippen LogP contribution in [0.1, 0.15) is 29.8 Å². The second-order valence-corrected chi connectivity index (χ2v) is 8.97. The van der Waals surface area contributed by atoms with Gasteiger partial charge in [-0.05, 0) is 73.2 Å². The van der Waals surface area contributed by atoms with Gasteiger partial charge in [-0.1, -0.05) is 36.4 Å². The molecule has 0 aliphatic heterocycles. The van der Waals surface area contributed by atoms with Gasteiger partial charge in [-0.2, -0.15) is 0 Å². The second-order valence-electron chi connectivity index (χ2n) is 8.97. The first-order valence-electron chi connectivity index (χ1n) is 12.9. The van der Waals surface area contributed by atoms with Crippen molar-refractivity contribution in [3.8, 4) is 23.0 Å². The number of imidazole rings is 1. The van der Waals surface area contributed by atoms with E-state index in [1.807, 2.05) is 66.7 Å². The summed E-state index contributed by atoms with van der Waals surface area (Å²) in [5.41, 5.74) is 4.33. The number of aryl methyl sites for hydroxylation is 1. The number of ether oxygens (including phenoxy) is 4. The number of fused-ring (bicyclic) bond motifs is 1. The van der Waals surface area contributed by atoms with E-state index in [2.05, 4.69) is 23.8 Å². The normalized spacial score (nSPS) is 10.8. The molecule has 1 heterocycles. The number of para-hydroxylation sites is 2. The third kappa shape index (κ3) is 6.57. The topological polar surface area (TPSA) is 54.7 Å². The Morgan fingerprint density at radius 3 is 2.03 bits per heavy atom. The van der Waals surface area contributed by atoms with Crippen LogP contribution in [0.25, 0.3) is 11.0 Å². The smallest absolute Gasteiger partial charge is 0.161 e. The Balaban J connectivity index is 1.39. The van der Waals surface area contributed by atoms with Crippen molar-refractivity contribution in [1.29, 1.82) is 0 Å². The molecule has 0 bridgehead atoms. The maximum atomic E-state index is 6.18. The summed E-state index contributed by atoms with van der Waals surface area (Å²) in [5, 5.41) is 0. The molecule has 198 valence electrons. The van der Waals surface area contributed by atoms with E-state index in [0.717, 1.165) is 71.7 Å². The Morgan fingerprint density at radius 1 is 0.763 bits per heavy atom. The fourth-order valence-electron chi connectivity index (χ4n) is 4.43. The highest BCUT2D eigenvalue weighted by molar-refractivity contribution is 5.75. The molecule has 0 N–H and O–H groups in total. The first-order chi connectivity index (χ1) is 18.7. The summed E-state index contributed by atoms with van der Waals surface area (Å²) < 4.78 is 25.5. The fraction of sp³-hybridized carbons (Fsp3) is 0.281. The van der Waals surface area contributed by atoms with Crippen LogP contribution in [-0.4, -0.2) is 30.4 Å². The molecule has 0 aliphatic rings. The van der Waals surface area contributed by atoms with Gasteiger partial charge in [0.25, 0.3) is 0 Å². The number of rotatable bonds is 15. The monoisotopic (exact) mass is 512 g/mol. The zero-order chi connectivity index (χ0) is 26.7. The lowest BCUT2D eigenvalue weighted by molar-refractivity contribution is 0.268. The Hall–Kier alpha value is -4.19. The molecule has 0 spiro atoms. The third-order valence-corrected chi connectivity index (χ3v) is 6.34. The van der Waals surface area contributed by atoms with E-state index in [9.17, 15) is 0 Å². The molecule has 38 heavy (non-hydrogen) atoms. The van der Waals surface area contributed by atoms with Gasteiger partial charge in [-0.25, -0.2) is 4.98 Å². The van der Waals surface area contributed by atoms with Crippen LogP contribution in [0.15, 0.2) is 86.0 Å². The van der Waals surface area contributed by atoms with Gasteiger partial charge in [-0.3, -0.25) is 0 Å². The van der Waals surface area contributed by atoms with Crippen molar-refractivity contribution in [2.45, 2.75) is 38.8 Å². The van der Waals surface area contributed by atoms with Crippen LogP contribution in [0.3, 0.4) is 0 Å². The van der Waals surface area contributed by atoms with Gasteiger partial charge < -0.3 is 23.5 Å². The average molecular weight is 513 g/mol. The van der Waals surface area contributed by atoms with Crippen molar-refractivity contribution >= 4 is 11.0 Å². The molecule has 4 rings (SSSR count). The van der Waals surface area contributed by atoms with Crippen LogP contribution in [0.2, 0.25) is 0 Å². The summed E-state index contributed by atoms with van der Waals surface area (Å²) in [7, 11) is 3.32. The highest BCUT2D eigenvalue weighted by Crippen LogP contribution is 2.30. The lowest BCUT2D eigenvalue weighted by atomic mass is 10.1. The molecule has 6 nitrogen and oxygen atoms in total. The Morgan fingerprint density at radius 2 is 1.39 bits per heavy atom. The SMILES string of the molecule is C=CCc1ccc(OCCCCn2c(COc3ccc(CC=C)cc3OC)nc3ccccc32)c(OC)c1. The first kappa shape index (κ1) is 26.9. The highest BCUT2D eigenvalue weighted by atomic mass is 16.5. The van der Waals surface area contributed by atoms with Gasteiger partial charge in [-0.15, -0.1) is 13.2 Å². The Bertz CT molecular complexity index is 1380. The van der Waals surface area contributed by atoms with Crippen molar-refractivity contribution in [1.82, 2.24) is 9.55 Å². The quantitative estimate of drug-likeness (QED) is 0.127. The van der Waals surface area contributed by atoms with E-state index >= 15 is 0 Å². The van der Waals surface area contributed by atoms with Crippen molar-refractivity contribution in [3.63, 3.8) is 0 Å². The van der Waals surface area contributed by atoms with E-state index in [0.29, 0.717) is 24.7 Å². The summed E-state index contributed by atoms with van der Waals surface area (Å²) in [6.07, 6.45) is 7.16. The lowest BCUT2D eigenvalue weighted by Crippen LogP contribution is -2.09. The maximum Gasteiger partial charge on any atom is 0.161 e. The molecule has 0 saturated carbocycles. The highest BCUT2D eigenvalue weighted by Gasteiger charge is 2.13. The maximum absolute atomic E-state index is 6.18. The van der Waals surface area contributed by atoms with E-state index in [1.54, 1.807) is 14.2 Å². The number of hydrogen-bond donors (Lipinski definition) is 0. The van der Waals surface area contributed by atoms with Crippen LogP contribution in [0, 0.1) is 0 Å². The zero-order valence-electron chi connectivity index (χ0n) is 22.3. The van der Waals surface area contributed by atoms with E-state index in [-0.39, 0.29) is 0 Å². The van der Waals surface area contributed by atoms with Crippen LogP contribution >= 0.6 is 0 Å². The number of nitrogens with zero attached hydrogens (tertiary/aromatic N) is 2. The molecule has 1 aromatic heterocycles. The minimum atomic E-state index is 0.344. The van der Waals surface area contributed by atoms with Gasteiger partial charge >= 0.3 is 0 Å². The number of benzene rings is 3. The molecular weight excluding hydrogens is 476 g/mol. The number of methoxy groups -OCH3 is 2. The number of unbranched alkanes of at least 4 members (excludes halogenated alkanes) is 1. The molecule has 0 fully saturated rings.